The first kappa shape index (κ1) is 22.2. The van der Waals surface area contributed by atoms with E-state index in [-0.39, 0.29) is 23.4 Å². The quantitative estimate of drug-likeness (QED) is 0.617. The molecule has 0 saturated carbocycles. The fourth-order valence-corrected chi connectivity index (χ4v) is 5.04. The van der Waals surface area contributed by atoms with E-state index in [4.69, 9.17) is 15.2 Å². The maximum Gasteiger partial charge on any atom is 0.410 e. The standard InChI is InChI=1S/C24H30N6O4/c1-23(2,3)34-22(32)29-11-9-24(14-29)8-10-28(13-24)20(31)16-12-17-15-6-5-7-18(33-4)19(15)26-21(25)30(17)27-16/h5-7,12H,8-11,13-14H2,1-4H3,(H2,25,26). The highest BCUT2D eigenvalue weighted by atomic mass is 16.6. The van der Waals surface area contributed by atoms with Gasteiger partial charge in [-0.3, -0.25) is 4.79 Å². The van der Waals surface area contributed by atoms with Crippen LogP contribution in [0.2, 0.25) is 0 Å². The molecule has 34 heavy (non-hydrogen) atoms. The number of ether oxygens (including phenoxy) is 2. The fourth-order valence-electron chi connectivity index (χ4n) is 5.04. The van der Waals surface area contributed by atoms with E-state index >= 15 is 0 Å². The normalized spacial score (nSPS) is 20.6. The monoisotopic (exact) mass is 466 g/mol. The third kappa shape index (κ3) is 3.76. The minimum atomic E-state index is -0.529. The second-order valence-corrected chi connectivity index (χ2v) is 10.3. The van der Waals surface area contributed by atoms with Crippen molar-refractivity contribution in [3.8, 4) is 5.75 Å². The number of para-hydroxylation sites is 1. The molecule has 1 unspecified atom stereocenters. The van der Waals surface area contributed by atoms with Gasteiger partial charge in [0.25, 0.3) is 5.91 Å². The van der Waals surface area contributed by atoms with Crippen molar-refractivity contribution in [3.63, 3.8) is 0 Å². The summed E-state index contributed by atoms with van der Waals surface area (Å²) in [5.41, 5.74) is 7.17. The van der Waals surface area contributed by atoms with E-state index in [9.17, 15) is 9.59 Å². The minimum absolute atomic E-state index is 0.105. The van der Waals surface area contributed by atoms with Crippen LogP contribution in [0.5, 0.6) is 5.75 Å². The molecule has 2 fully saturated rings. The van der Waals surface area contributed by atoms with Crippen LogP contribution in [0.15, 0.2) is 24.3 Å². The molecule has 2 saturated heterocycles. The number of hydrogen-bond acceptors (Lipinski definition) is 7. The summed E-state index contributed by atoms with van der Waals surface area (Å²) >= 11 is 0. The zero-order chi connectivity index (χ0) is 24.3. The van der Waals surface area contributed by atoms with Gasteiger partial charge in [-0.1, -0.05) is 12.1 Å². The van der Waals surface area contributed by atoms with E-state index in [1.165, 1.54) is 4.52 Å². The number of carbonyl (C=O) groups is 2. The number of nitrogen functional groups attached to an aromatic ring is 1. The molecule has 10 nitrogen and oxygen atoms in total. The molecule has 2 aliphatic heterocycles. The van der Waals surface area contributed by atoms with E-state index in [0.717, 1.165) is 18.2 Å². The highest BCUT2D eigenvalue weighted by molar-refractivity contribution is 6.01. The first-order valence-electron chi connectivity index (χ1n) is 11.5. The lowest BCUT2D eigenvalue weighted by Gasteiger charge is -2.27. The van der Waals surface area contributed by atoms with Gasteiger partial charge in [-0.2, -0.15) is 9.61 Å². The Bertz CT molecular complexity index is 1300. The Morgan fingerprint density at radius 2 is 1.82 bits per heavy atom. The van der Waals surface area contributed by atoms with Gasteiger partial charge in [0.1, 0.15) is 16.9 Å². The summed E-state index contributed by atoms with van der Waals surface area (Å²) in [4.78, 5) is 33.9. The highest BCUT2D eigenvalue weighted by Gasteiger charge is 2.47. The van der Waals surface area contributed by atoms with Crippen LogP contribution >= 0.6 is 0 Å². The Labute approximate surface area is 197 Å². The Morgan fingerprint density at radius 3 is 2.53 bits per heavy atom. The number of carbonyl (C=O) groups excluding carboxylic acids is 2. The van der Waals surface area contributed by atoms with Crippen LogP contribution in [-0.4, -0.2) is 75.3 Å². The second kappa shape index (κ2) is 7.75. The summed E-state index contributed by atoms with van der Waals surface area (Å²) in [6.07, 6.45) is 1.40. The molecular formula is C24H30N6O4. The number of aromatic nitrogens is 3. The Hall–Kier alpha value is -3.56. The molecule has 0 radical (unpaired) electrons. The zero-order valence-electron chi connectivity index (χ0n) is 20.0. The number of hydrogen-bond donors (Lipinski definition) is 1. The van der Waals surface area contributed by atoms with Crippen LogP contribution < -0.4 is 10.5 Å². The molecule has 2 N–H and O–H groups in total. The van der Waals surface area contributed by atoms with Crippen molar-refractivity contribution in [2.24, 2.45) is 5.41 Å². The minimum Gasteiger partial charge on any atom is -0.494 e. The summed E-state index contributed by atoms with van der Waals surface area (Å²) < 4.78 is 12.4. The summed E-state index contributed by atoms with van der Waals surface area (Å²) in [5.74, 6) is 0.650. The molecule has 4 heterocycles. The molecule has 180 valence electrons. The molecule has 2 amide bonds. The molecule has 2 aromatic heterocycles. The highest BCUT2D eigenvalue weighted by Crippen LogP contribution is 2.40. The summed E-state index contributed by atoms with van der Waals surface area (Å²) in [6, 6.07) is 7.35. The van der Waals surface area contributed by atoms with Crippen molar-refractivity contribution in [2.75, 3.05) is 39.0 Å². The average molecular weight is 467 g/mol. The molecular weight excluding hydrogens is 436 g/mol. The van der Waals surface area contributed by atoms with E-state index in [1.807, 2.05) is 43.9 Å². The lowest BCUT2D eigenvalue weighted by Crippen LogP contribution is -2.38. The van der Waals surface area contributed by atoms with Gasteiger partial charge in [0.15, 0.2) is 5.69 Å². The van der Waals surface area contributed by atoms with E-state index < -0.39 is 5.60 Å². The molecule has 0 aliphatic carbocycles. The largest absolute Gasteiger partial charge is 0.494 e. The number of nitrogens with zero attached hydrogens (tertiary/aromatic N) is 5. The van der Waals surface area contributed by atoms with Crippen molar-refractivity contribution in [3.05, 3.63) is 30.0 Å². The van der Waals surface area contributed by atoms with Crippen LogP contribution in [0, 0.1) is 5.41 Å². The van der Waals surface area contributed by atoms with Crippen LogP contribution in [0.4, 0.5) is 10.7 Å². The first-order valence-corrected chi connectivity index (χ1v) is 11.5. The lowest BCUT2D eigenvalue weighted by molar-refractivity contribution is 0.0274. The van der Waals surface area contributed by atoms with Gasteiger partial charge in [-0.25, -0.2) is 9.78 Å². The number of nitrogens with two attached hydrogens (primary N) is 1. The van der Waals surface area contributed by atoms with Crippen molar-refractivity contribution in [2.45, 2.75) is 39.2 Å². The van der Waals surface area contributed by atoms with Gasteiger partial charge < -0.3 is 25.0 Å². The van der Waals surface area contributed by atoms with Crippen LogP contribution in [0.3, 0.4) is 0 Å². The number of methoxy groups -OCH3 is 1. The number of rotatable bonds is 2. The smallest absolute Gasteiger partial charge is 0.410 e. The summed E-state index contributed by atoms with van der Waals surface area (Å²) in [5, 5.41) is 5.28. The van der Waals surface area contributed by atoms with E-state index in [1.54, 1.807) is 18.1 Å². The summed E-state index contributed by atoms with van der Waals surface area (Å²) in [6.45, 7) is 8.04. The third-order valence-corrected chi connectivity index (χ3v) is 6.68. The van der Waals surface area contributed by atoms with Crippen LogP contribution in [0.1, 0.15) is 44.1 Å². The topological polar surface area (TPSA) is 115 Å². The number of likely N-dealkylation sites (tertiary alicyclic amines) is 2. The molecule has 10 heteroatoms. The van der Waals surface area contributed by atoms with Crippen molar-refractivity contribution >= 4 is 34.4 Å². The molecule has 1 atom stereocenters. The Balaban J connectivity index is 1.37. The molecule has 1 spiro atoms. The Morgan fingerprint density at radius 1 is 1.12 bits per heavy atom. The number of amides is 2. The number of benzene rings is 1. The fraction of sp³-hybridized carbons (Fsp3) is 0.500. The molecule has 2 aliphatic rings. The molecule has 3 aromatic rings. The van der Waals surface area contributed by atoms with Gasteiger partial charge in [-0.05, 0) is 45.7 Å². The second-order valence-electron chi connectivity index (χ2n) is 10.3. The van der Waals surface area contributed by atoms with Gasteiger partial charge in [0.05, 0.1) is 12.6 Å². The van der Waals surface area contributed by atoms with Crippen molar-refractivity contribution in [1.82, 2.24) is 24.4 Å². The van der Waals surface area contributed by atoms with E-state index in [2.05, 4.69) is 10.1 Å². The van der Waals surface area contributed by atoms with Gasteiger partial charge >= 0.3 is 6.09 Å². The van der Waals surface area contributed by atoms with Crippen molar-refractivity contribution in [1.29, 1.82) is 0 Å². The maximum absolute atomic E-state index is 13.4. The first-order chi connectivity index (χ1) is 16.1. The number of anilines is 1. The van der Waals surface area contributed by atoms with Crippen LogP contribution in [-0.2, 0) is 4.74 Å². The van der Waals surface area contributed by atoms with Gasteiger partial charge in [0.2, 0.25) is 5.95 Å². The molecule has 1 aromatic carbocycles. The average Bonchev–Trinajstić information content (AvgIpc) is 3.51. The van der Waals surface area contributed by atoms with Gasteiger partial charge in [0, 0.05) is 37.0 Å². The summed E-state index contributed by atoms with van der Waals surface area (Å²) in [7, 11) is 1.58. The third-order valence-electron chi connectivity index (χ3n) is 6.68. The van der Waals surface area contributed by atoms with Crippen molar-refractivity contribution < 1.29 is 19.1 Å². The predicted octanol–water partition coefficient (Wildman–Crippen LogP) is 2.95. The lowest BCUT2D eigenvalue weighted by atomic mass is 9.86. The van der Waals surface area contributed by atoms with Gasteiger partial charge in [-0.15, -0.1) is 0 Å². The Kier molecular flexibility index (Phi) is 5.07. The zero-order valence-corrected chi connectivity index (χ0v) is 20.0. The van der Waals surface area contributed by atoms with E-state index in [0.29, 0.717) is 48.7 Å². The number of fused-ring (bicyclic) bond motifs is 3. The molecule has 5 rings (SSSR count). The maximum atomic E-state index is 13.4. The molecule has 0 bridgehead atoms. The predicted molar refractivity (Wildman–Crippen MR) is 127 cm³/mol. The SMILES string of the molecule is COc1cccc2c1nc(N)n1nc(C(=O)N3CCC4(CCN(C(=O)OC(C)(C)C)C4)C3)cc21. The van der Waals surface area contributed by atoms with Crippen LogP contribution in [0.25, 0.3) is 16.4 Å².